The maximum Gasteiger partial charge on any atom is 0.192 e. The molecule has 1 aliphatic heterocycles. The van der Waals surface area contributed by atoms with Gasteiger partial charge >= 0.3 is 0 Å². The van der Waals surface area contributed by atoms with E-state index in [0.29, 0.717) is 37.4 Å². The van der Waals surface area contributed by atoms with Gasteiger partial charge in [-0.05, 0) is 61.3 Å². The van der Waals surface area contributed by atoms with E-state index in [1.807, 2.05) is 35.4 Å². The lowest BCUT2D eigenvalue weighted by molar-refractivity contribution is -0.270. The summed E-state index contributed by atoms with van der Waals surface area (Å²) in [6.07, 6.45) is 14.4. The summed E-state index contributed by atoms with van der Waals surface area (Å²) >= 11 is 12.6. The van der Waals surface area contributed by atoms with Gasteiger partial charge in [-0.15, -0.1) is 24.8 Å². The molecule has 4 fully saturated rings. The van der Waals surface area contributed by atoms with Crippen LogP contribution in [-0.2, 0) is 14.4 Å². The van der Waals surface area contributed by atoms with Crippen LogP contribution in [0, 0.1) is 39.4 Å². The number of halogens is 2. The number of nitrogens with zero attached hydrogens (tertiary/aromatic N) is 1. The van der Waals surface area contributed by atoms with Gasteiger partial charge in [0, 0.05) is 45.7 Å². The Bertz CT molecular complexity index is 1380. The Balaban J connectivity index is 1.46. The Kier molecular flexibility index (Phi) is 7.09. The number of Topliss-reactive ketones (excluding diaryl/α,β-unsaturated/α-hetero) is 1. The first kappa shape index (κ1) is 30.2. The maximum atomic E-state index is 14.0. The number of fused-ring (bicyclic) bond motifs is 7. The predicted octanol–water partition coefficient (Wildman–Crippen LogP) is 5.46. The van der Waals surface area contributed by atoms with E-state index in [9.17, 15) is 19.8 Å². The largest absolute Gasteiger partial charge is 0.392 e. The van der Waals surface area contributed by atoms with Crippen LogP contribution in [0.1, 0.15) is 46.5 Å². The Hall–Kier alpha value is -1.80. The first-order valence-electron chi connectivity index (χ1n) is 15.0. The fourth-order valence-corrected chi connectivity index (χ4v) is 11.0. The molecule has 0 aromatic carbocycles. The summed E-state index contributed by atoms with van der Waals surface area (Å²) in [4.78, 5) is 33.3. The molecule has 0 aromatic heterocycles. The molecule has 5 aliphatic carbocycles. The number of carbonyl (C=O) groups excluding carboxylic acids is 2. The summed E-state index contributed by atoms with van der Waals surface area (Å²) in [6, 6.07) is 0. The zero-order chi connectivity index (χ0) is 30.5. The highest BCUT2D eigenvalue weighted by Gasteiger charge is 2.82. The van der Waals surface area contributed by atoms with Gasteiger partial charge in [-0.25, -0.2) is 0 Å². The van der Waals surface area contributed by atoms with Crippen molar-refractivity contribution < 1.29 is 24.6 Å². The van der Waals surface area contributed by atoms with Crippen molar-refractivity contribution in [2.24, 2.45) is 39.4 Å². The zero-order valence-corrected chi connectivity index (χ0v) is 26.1. The molecule has 6 aliphatic rings. The summed E-state index contributed by atoms with van der Waals surface area (Å²) in [7, 11) is 0. The number of hydrogen-bond donors (Lipinski definition) is 2. The molecule has 1 heterocycles. The molecule has 10 atom stereocenters. The lowest BCUT2D eigenvalue weighted by Crippen LogP contribution is -2.71. The Morgan fingerprint density at radius 3 is 2.62 bits per heavy atom. The van der Waals surface area contributed by atoms with Crippen LogP contribution < -0.4 is 0 Å². The SMILES string of the molecule is C=C[C@]12[C@@H](C[C@H](C)C3=CC(=O)C=C[C@@]31C)[C@]1(C=C)C[C@H]3CN(CC4=CCC(Cl)C(Cl)=C4)O[C@@]3(C(=O)CO)[C@@]1(C)C[C@@H]2O. The number of aliphatic hydroxyl groups is 2. The van der Waals surface area contributed by atoms with E-state index in [2.05, 4.69) is 33.9 Å². The second-order valence-electron chi connectivity index (χ2n) is 13.8. The van der Waals surface area contributed by atoms with E-state index >= 15 is 0 Å². The van der Waals surface area contributed by atoms with Crippen molar-refractivity contribution in [1.29, 1.82) is 0 Å². The van der Waals surface area contributed by atoms with E-state index < -0.39 is 40.0 Å². The van der Waals surface area contributed by atoms with Crippen molar-refractivity contribution in [2.75, 3.05) is 19.7 Å². The van der Waals surface area contributed by atoms with Crippen molar-refractivity contribution in [2.45, 2.75) is 63.5 Å². The molecule has 0 bridgehead atoms. The first-order chi connectivity index (χ1) is 19.8. The molecular weight excluding hydrogens is 573 g/mol. The van der Waals surface area contributed by atoms with Crippen LogP contribution >= 0.6 is 23.2 Å². The quantitative estimate of drug-likeness (QED) is 0.306. The highest BCUT2D eigenvalue weighted by molar-refractivity contribution is 6.37. The number of hydroxylamine groups is 2. The van der Waals surface area contributed by atoms with Gasteiger partial charge < -0.3 is 10.2 Å². The van der Waals surface area contributed by atoms with E-state index in [-0.39, 0.29) is 41.1 Å². The van der Waals surface area contributed by atoms with Crippen LogP contribution in [0.15, 0.2) is 71.9 Å². The fraction of sp³-hybridized carbons (Fsp3) is 0.588. The number of ketones is 2. The molecule has 1 saturated heterocycles. The highest BCUT2D eigenvalue weighted by Crippen LogP contribution is 2.80. The average molecular weight is 615 g/mol. The average Bonchev–Trinajstić information content (AvgIpc) is 3.41. The molecule has 0 radical (unpaired) electrons. The van der Waals surface area contributed by atoms with Crippen molar-refractivity contribution in [3.05, 3.63) is 71.9 Å². The molecule has 226 valence electrons. The molecule has 1 unspecified atom stereocenters. The second kappa shape index (κ2) is 9.85. The van der Waals surface area contributed by atoms with Gasteiger partial charge in [0.15, 0.2) is 17.2 Å². The minimum Gasteiger partial charge on any atom is -0.392 e. The maximum absolute atomic E-state index is 14.0. The number of allylic oxidation sites excluding steroid dienone is 7. The third-order valence-electron chi connectivity index (χ3n) is 12.4. The molecular formula is C34H41Cl2NO5. The lowest BCUT2D eigenvalue weighted by atomic mass is 9.34. The van der Waals surface area contributed by atoms with E-state index in [1.165, 1.54) is 0 Å². The number of rotatable bonds is 6. The second-order valence-corrected chi connectivity index (χ2v) is 14.8. The van der Waals surface area contributed by atoms with Crippen LogP contribution in [0.4, 0.5) is 0 Å². The first-order valence-corrected chi connectivity index (χ1v) is 15.8. The highest BCUT2D eigenvalue weighted by atomic mass is 35.5. The normalized spacial score (nSPS) is 47.8. The summed E-state index contributed by atoms with van der Waals surface area (Å²) in [5.41, 5.74) is -2.30. The topological polar surface area (TPSA) is 87.1 Å². The van der Waals surface area contributed by atoms with E-state index in [0.717, 1.165) is 11.1 Å². The molecule has 2 N–H and O–H groups in total. The van der Waals surface area contributed by atoms with Crippen molar-refractivity contribution in [3.8, 4) is 0 Å². The summed E-state index contributed by atoms with van der Waals surface area (Å²) in [5, 5.41) is 24.9. The monoisotopic (exact) mass is 613 g/mol. The van der Waals surface area contributed by atoms with Gasteiger partial charge in [-0.3, -0.25) is 14.4 Å². The van der Waals surface area contributed by atoms with Crippen molar-refractivity contribution in [3.63, 3.8) is 0 Å². The number of carbonyl (C=O) groups is 2. The van der Waals surface area contributed by atoms with Crippen molar-refractivity contribution in [1.82, 2.24) is 5.06 Å². The minimum absolute atomic E-state index is 0.0391. The Morgan fingerprint density at radius 1 is 1.24 bits per heavy atom. The lowest BCUT2D eigenvalue weighted by Gasteiger charge is -2.70. The smallest absolute Gasteiger partial charge is 0.192 e. The molecule has 8 heteroatoms. The van der Waals surface area contributed by atoms with E-state index in [1.54, 1.807) is 12.2 Å². The summed E-state index contributed by atoms with van der Waals surface area (Å²) in [5.74, 6) is -0.719. The molecule has 0 spiro atoms. The van der Waals surface area contributed by atoms with Gasteiger partial charge in [0.05, 0.1) is 11.5 Å². The Labute approximate surface area is 258 Å². The zero-order valence-electron chi connectivity index (χ0n) is 24.6. The minimum atomic E-state index is -1.35. The number of hydrogen-bond acceptors (Lipinski definition) is 6. The molecule has 0 aromatic rings. The summed E-state index contributed by atoms with van der Waals surface area (Å²) < 4.78 is 0. The van der Waals surface area contributed by atoms with Crippen LogP contribution in [0.25, 0.3) is 0 Å². The molecule has 42 heavy (non-hydrogen) atoms. The van der Waals surface area contributed by atoms with E-state index in [4.69, 9.17) is 28.0 Å². The number of aliphatic hydroxyl groups excluding tert-OH is 2. The van der Waals surface area contributed by atoms with Crippen LogP contribution in [0.2, 0.25) is 0 Å². The molecule has 3 saturated carbocycles. The van der Waals surface area contributed by atoms with Crippen molar-refractivity contribution >= 4 is 34.8 Å². The van der Waals surface area contributed by atoms with Crippen LogP contribution in [0.3, 0.4) is 0 Å². The summed E-state index contributed by atoms with van der Waals surface area (Å²) in [6.45, 7) is 15.3. The molecule has 0 amide bonds. The fourth-order valence-electron chi connectivity index (χ4n) is 10.6. The standard InChI is InChI=1S/C34H41Cl2NO5/c1-6-32-15-22-18-37(17-21-8-9-25(35)26(36)13-21)42-34(22,29(41)19-38)31(32,5)16-28(40)33(7-2)27(32)12-20(3)24-14-23(39)10-11-30(24,33)4/h6-8,10-11,13-14,20,22,25,27-28,38,40H,1-2,9,12,15-19H2,3-5H3/t20-,22-,25?,27-,28-,30-,31-,32-,33+,34-/m0/s1. The molecule has 6 nitrogen and oxygen atoms in total. The number of alkyl halides is 1. The van der Waals surface area contributed by atoms with Gasteiger partial charge in [0.25, 0.3) is 0 Å². The Morgan fingerprint density at radius 2 is 1.98 bits per heavy atom. The van der Waals surface area contributed by atoms with Crippen LogP contribution in [-0.4, -0.2) is 63.6 Å². The third-order valence-corrected chi connectivity index (χ3v) is 13.3. The van der Waals surface area contributed by atoms with Gasteiger partial charge in [-0.2, -0.15) is 5.06 Å². The predicted molar refractivity (Wildman–Crippen MR) is 163 cm³/mol. The third kappa shape index (κ3) is 3.48. The van der Waals surface area contributed by atoms with Gasteiger partial charge in [-0.1, -0.05) is 62.2 Å². The van der Waals surface area contributed by atoms with Gasteiger partial charge in [0.1, 0.15) is 6.61 Å². The van der Waals surface area contributed by atoms with Crippen LogP contribution in [0.5, 0.6) is 0 Å². The molecule has 6 rings (SSSR count). The van der Waals surface area contributed by atoms with Gasteiger partial charge in [0.2, 0.25) is 0 Å².